The van der Waals surface area contributed by atoms with Gasteiger partial charge in [-0.2, -0.15) is 0 Å². The number of methoxy groups -OCH3 is 1. The van der Waals surface area contributed by atoms with Crippen LogP contribution in [-0.4, -0.2) is 26.5 Å². The second-order valence-corrected chi connectivity index (χ2v) is 9.84. The number of nitrogens with one attached hydrogen (secondary N) is 1. The first-order chi connectivity index (χ1) is 14.7. The smallest absolute Gasteiger partial charge is 0.338 e. The van der Waals surface area contributed by atoms with E-state index in [1.807, 2.05) is 0 Å². The molecule has 162 valence electrons. The highest BCUT2D eigenvalue weighted by atomic mass is 32.2. The third-order valence-electron chi connectivity index (χ3n) is 4.87. The Bertz CT molecular complexity index is 1210. The van der Waals surface area contributed by atoms with E-state index >= 15 is 0 Å². The molecule has 0 aliphatic rings. The van der Waals surface area contributed by atoms with Crippen LogP contribution in [0.25, 0.3) is 0 Å². The topological polar surface area (TPSA) is 85.4 Å². The summed E-state index contributed by atoms with van der Waals surface area (Å²) in [5.41, 5.74) is 4.91. The van der Waals surface area contributed by atoms with Crippen LogP contribution < -0.4 is 4.72 Å². The lowest BCUT2D eigenvalue weighted by Crippen LogP contribution is -2.14. The molecule has 2 aromatic carbocycles. The number of rotatable bonds is 7. The SMILES string of the molecule is COC(=O)c1cc(S(=O)(=O)Nc2ccc(SCc3ccc(C)c(C)c3)nc2)ccc1C. The Balaban J connectivity index is 1.70. The Kier molecular flexibility index (Phi) is 7.02. The number of hydrogen-bond acceptors (Lipinski definition) is 6. The second kappa shape index (κ2) is 9.53. The van der Waals surface area contributed by atoms with Gasteiger partial charge in [0.2, 0.25) is 0 Å². The van der Waals surface area contributed by atoms with Crippen molar-refractivity contribution in [3.63, 3.8) is 0 Å². The second-order valence-electron chi connectivity index (χ2n) is 7.17. The normalized spacial score (nSPS) is 11.2. The van der Waals surface area contributed by atoms with Crippen molar-refractivity contribution in [2.45, 2.75) is 36.4 Å². The number of carbonyl (C=O) groups excluding carboxylic acids is 1. The fourth-order valence-corrected chi connectivity index (χ4v) is 4.74. The summed E-state index contributed by atoms with van der Waals surface area (Å²) in [7, 11) is -2.62. The van der Waals surface area contributed by atoms with Crippen molar-refractivity contribution in [1.29, 1.82) is 0 Å². The lowest BCUT2D eigenvalue weighted by atomic mass is 10.1. The minimum absolute atomic E-state index is 0.0216. The lowest BCUT2D eigenvalue weighted by Gasteiger charge is -2.11. The molecule has 0 radical (unpaired) electrons. The fraction of sp³-hybridized carbons (Fsp3) is 0.217. The summed E-state index contributed by atoms with van der Waals surface area (Å²) in [6.45, 7) is 5.89. The van der Waals surface area contributed by atoms with E-state index < -0.39 is 16.0 Å². The Hall–Kier alpha value is -2.84. The highest BCUT2D eigenvalue weighted by Gasteiger charge is 2.18. The van der Waals surface area contributed by atoms with Gasteiger partial charge in [0.25, 0.3) is 10.0 Å². The molecule has 8 heteroatoms. The molecule has 0 saturated heterocycles. The zero-order valence-corrected chi connectivity index (χ0v) is 19.4. The summed E-state index contributed by atoms with van der Waals surface area (Å²) in [6.07, 6.45) is 1.48. The Morgan fingerprint density at radius 3 is 2.39 bits per heavy atom. The van der Waals surface area contributed by atoms with Gasteiger partial charge in [0.15, 0.2) is 0 Å². The summed E-state index contributed by atoms with van der Waals surface area (Å²) in [6, 6.07) is 14.1. The number of carbonyl (C=O) groups is 1. The maximum atomic E-state index is 12.7. The van der Waals surface area contributed by atoms with Gasteiger partial charge in [-0.05, 0) is 67.3 Å². The van der Waals surface area contributed by atoms with Gasteiger partial charge in [-0.15, -0.1) is 11.8 Å². The molecule has 0 spiro atoms. The first kappa shape index (κ1) is 22.8. The van der Waals surface area contributed by atoms with Crippen LogP contribution in [0, 0.1) is 20.8 Å². The van der Waals surface area contributed by atoms with Gasteiger partial charge in [0.05, 0.1) is 34.5 Å². The highest BCUT2D eigenvalue weighted by Crippen LogP contribution is 2.24. The predicted molar refractivity (Wildman–Crippen MR) is 123 cm³/mol. The Labute approximate surface area is 187 Å². The summed E-state index contributed by atoms with van der Waals surface area (Å²) in [5.74, 6) is 0.195. The maximum absolute atomic E-state index is 12.7. The third-order valence-corrected chi connectivity index (χ3v) is 7.27. The molecule has 1 aromatic heterocycles. The monoisotopic (exact) mass is 456 g/mol. The number of thioether (sulfide) groups is 1. The molecule has 1 N–H and O–H groups in total. The predicted octanol–water partition coefficient (Wildman–Crippen LogP) is 4.89. The number of hydrogen-bond donors (Lipinski definition) is 1. The fourth-order valence-electron chi connectivity index (χ4n) is 2.89. The van der Waals surface area contributed by atoms with Gasteiger partial charge >= 0.3 is 5.97 Å². The van der Waals surface area contributed by atoms with Crippen molar-refractivity contribution in [3.05, 3.63) is 82.5 Å². The van der Waals surface area contributed by atoms with E-state index in [0.29, 0.717) is 11.3 Å². The van der Waals surface area contributed by atoms with Crippen LogP contribution in [0.1, 0.15) is 32.6 Å². The molecule has 3 rings (SSSR count). The molecule has 0 aliphatic carbocycles. The Morgan fingerprint density at radius 1 is 1.00 bits per heavy atom. The number of aryl methyl sites for hydroxylation is 3. The minimum Gasteiger partial charge on any atom is -0.465 e. The zero-order valence-electron chi connectivity index (χ0n) is 17.8. The zero-order chi connectivity index (χ0) is 22.6. The van der Waals surface area contributed by atoms with E-state index in [2.05, 4.69) is 41.8 Å². The molecular weight excluding hydrogens is 432 g/mol. The number of pyridine rings is 1. The summed E-state index contributed by atoms with van der Waals surface area (Å²) in [4.78, 5) is 16.2. The largest absolute Gasteiger partial charge is 0.465 e. The number of anilines is 1. The van der Waals surface area contributed by atoms with Crippen molar-refractivity contribution >= 4 is 33.4 Å². The first-order valence-electron chi connectivity index (χ1n) is 9.56. The molecule has 0 amide bonds. The summed E-state index contributed by atoms with van der Waals surface area (Å²) < 4.78 is 32.7. The number of aromatic nitrogens is 1. The molecular formula is C23H24N2O4S2. The van der Waals surface area contributed by atoms with Crippen molar-refractivity contribution in [2.75, 3.05) is 11.8 Å². The quantitative estimate of drug-likeness (QED) is 0.403. The average molecular weight is 457 g/mol. The molecule has 0 unspecified atom stereocenters. The number of nitrogens with zero attached hydrogens (tertiary/aromatic N) is 1. The maximum Gasteiger partial charge on any atom is 0.338 e. The first-order valence-corrected chi connectivity index (χ1v) is 12.0. The van der Waals surface area contributed by atoms with E-state index in [-0.39, 0.29) is 10.5 Å². The minimum atomic E-state index is -3.88. The van der Waals surface area contributed by atoms with E-state index in [4.69, 9.17) is 4.74 Å². The van der Waals surface area contributed by atoms with Crippen LogP contribution in [0.3, 0.4) is 0 Å². The van der Waals surface area contributed by atoms with Gasteiger partial charge in [-0.1, -0.05) is 24.3 Å². The standard InChI is InChI=1S/C23H24N2O4S2/c1-15-5-7-18(11-17(15)3)14-30-22-10-8-19(13-24-22)25-31(27,28)20-9-6-16(2)21(12-20)23(26)29-4/h5-13,25H,14H2,1-4H3. The number of esters is 1. The molecule has 0 saturated carbocycles. The average Bonchev–Trinajstić information content (AvgIpc) is 2.75. The van der Waals surface area contributed by atoms with E-state index in [0.717, 1.165) is 10.8 Å². The molecule has 0 aliphatic heterocycles. The Morgan fingerprint density at radius 2 is 1.74 bits per heavy atom. The van der Waals surface area contributed by atoms with Crippen molar-refractivity contribution in [1.82, 2.24) is 4.98 Å². The molecule has 3 aromatic rings. The van der Waals surface area contributed by atoms with Crippen molar-refractivity contribution < 1.29 is 17.9 Å². The van der Waals surface area contributed by atoms with Crippen LogP contribution >= 0.6 is 11.8 Å². The van der Waals surface area contributed by atoms with Crippen LogP contribution in [0.15, 0.2) is 64.6 Å². The number of ether oxygens (including phenoxy) is 1. The number of benzene rings is 2. The lowest BCUT2D eigenvalue weighted by molar-refractivity contribution is 0.0599. The molecule has 0 bridgehead atoms. The van der Waals surface area contributed by atoms with Gasteiger partial charge in [-0.3, -0.25) is 4.72 Å². The van der Waals surface area contributed by atoms with Crippen LogP contribution in [-0.2, 0) is 20.5 Å². The van der Waals surface area contributed by atoms with E-state index in [9.17, 15) is 13.2 Å². The molecule has 6 nitrogen and oxygen atoms in total. The van der Waals surface area contributed by atoms with Gasteiger partial charge in [0.1, 0.15) is 0 Å². The van der Waals surface area contributed by atoms with Gasteiger partial charge in [-0.25, -0.2) is 18.2 Å². The van der Waals surface area contributed by atoms with E-state index in [1.165, 1.54) is 42.1 Å². The van der Waals surface area contributed by atoms with Crippen LogP contribution in [0.5, 0.6) is 0 Å². The van der Waals surface area contributed by atoms with E-state index in [1.54, 1.807) is 36.9 Å². The molecule has 0 fully saturated rings. The van der Waals surface area contributed by atoms with Crippen LogP contribution in [0.2, 0.25) is 0 Å². The summed E-state index contributed by atoms with van der Waals surface area (Å²) in [5, 5.41) is 0.796. The van der Waals surface area contributed by atoms with Crippen molar-refractivity contribution in [3.8, 4) is 0 Å². The highest BCUT2D eigenvalue weighted by molar-refractivity contribution is 7.98. The van der Waals surface area contributed by atoms with Crippen molar-refractivity contribution in [2.24, 2.45) is 0 Å². The molecule has 1 heterocycles. The van der Waals surface area contributed by atoms with Gasteiger partial charge in [0, 0.05) is 5.75 Å². The number of sulfonamides is 1. The molecule has 0 atom stereocenters. The van der Waals surface area contributed by atoms with Crippen LogP contribution in [0.4, 0.5) is 5.69 Å². The van der Waals surface area contributed by atoms with Gasteiger partial charge < -0.3 is 4.74 Å². The molecule has 31 heavy (non-hydrogen) atoms. The summed E-state index contributed by atoms with van der Waals surface area (Å²) >= 11 is 1.58. The third kappa shape index (κ3) is 5.65.